The van der Waals surface area contributed by atoms with E-state index in [0.29, 0.717) is 34.1 Å². The summed E-state index contributed by atoms with van der Waals surface area (Å²) in [6, 6.07) is 12.6. The molecule has 0 aliphatic carbocycles. The quantitative estimate of drug-likeness (QED) is 0.466. The molecule has 1 unspecified atom stereocenters. The lowest BCUT2D eigenvalue weighted by atomic mass is 9.94. The van der Waals surface area contributed by atoms with Gasteiger partial charge >= 0.3 is 12.0 Å². The van der Waals surface area contributed by atoms with Crippen LogP contribution in [0.4, 0.5) is 4.79 Å². The number of hydrogen-bond donors (Lipinski definition) is 1. The first kappa shape index (κ1) is 23.3. The van der Waals surface area contributed by atoms with Crippen LogP contribution in [0.1, 0.15) is 42.7 Å². The number of likely N-dealkylation sites (N-methyl/N-ethyl adjacent to an activating group) is 1. The van der Waals surface area contributed by atoms with E-state index < -0.39 is 12.0 Å². The summed E-state index contributed by atoms with van der Waals surface area (Å²) in [5.41, 5.74) is 1.93. The minimum Gasteiger partial charge on any atom is -0.487 e. The van der Waals surface area contributed by atoms with Gasteiger partial charge in [0.05, 0.1) is 23.9 Å². The average molecular weight is 457 g/mol. The molecule has 1 aliphatic rings. The Bertz CT molecular complexity index is 1050. The Labute approximate surface area is 191 Å². The molecule has 8 heteroatoms. The van der Waals surface area contributed by atoms with Crippen molar-refractivity contribution in [3.63, 3.8) is 0 Å². The molecule has 1 heterocycles. The normalized spacial score (nSPS) is 15.9. The molecule has 168 valence electrons. The van der Waals surface area contributed by atoms with Gasteiger partial charge in [-0.1, -0.05) is 23.7 Å². The molecule has 1 aliphatic heterocycles. The number of hydrogen-bond acceptors (Lipinski definition) is 5. The molecule has 2 aromatic carbocycles. The van der Waals surface area contributed by atoms with Crippen LogP contribution in [0.25, 0.3) is 0 Å². The Kier molecular flexibility index (Phi) is 7.53. The predicted molar refractivity (Wildman–Crippen MR) is 121 cm³/mol. The zero-order valence-electron chi connectivity index (χ0n) is 18.2. The van der Waals surface area contributed by atoms with E-state index in [1.165, 1.54) is 11.8 Å². The molecule has 1 N–H and O–H groups in total. The number of ketones is 1. The molecule has 1 atom stereocenters. The van der Waals surface area contributed by atoms with Crippen molar-refractivity contribution in [3.05, 3.63) is 76.0 Å². The molecule has 0 spiro atoms. The van der Waals surface area contributed by atoms with E-state index in [9.17, 15) is 14.4 Å². The van der Waals surface area contributed by atoms with E-state index in [4.69, 9.17) is 21.1 Å². The van der Waals surface area contributed by atoms with Gasteiger partial charge in [-0.25, -0.2) is 9.59 Å². The summed E-state index contributed by atoms with van der Waals surface area (Å²) in [7, 11) is 0. The average Bonchev–Trinajstić information content (AvgIpc) is 2.77. The van der Waals surface area contributed by atoms with E-state index in [1.54, 1.807) is 55.5 Å². The number of nitrogens with one attached hydrogen (secondary N) is 1. The van der Waals surface area contributed by atoms with Crippen LogP contribution in [0.3, 0.4) is 0 Å². The van der Waals surface area contributed by atoms with E-state index in [2.05, 4.69) is 5.32 Å². The molecule has 0 saturated heterocycles. The van der Waals surface area contributed by atoms with Gasteiger partial charge in [-0.2, -0.15) is 0 Å². The molecule has 0 bridgehead atoms. The number of amides is 2. The Balaban J connectivity index is 2.02. The van der Waals surface area contributed by atoms with E-state index in [0.717, 1.165) is 0 Å². The maximum Gasteiger partial charge on any atom is 0.338 e. The number of urea groups is 1. The maximum atomic E-state index is 13.0. The van der Waals surface area contributed by atoms with Crippen molar-refractivity contribution in [2.75, 3.05) is 19.8 Å². The van der Waals surface area contributed by atoms with Crippen LogP contribution in [0.5, 0.6) is 5.75 Å². The highest BCUT2D eigenvalue weighted by Crippen LogP contribution is 2.33. The molecule has 0 saturated carbocycles. The second kappa shape index (κ2) is 10.3. The number of carbonyl (C=O) groups is 3. The second-order valence-electron chi connectivity index (χ2n) is 7.13. The summed E-state index contributed by atoms with van der Waals surface area (Å²) in [5.74, 6) is -0.0807. The standard InChI is InChI=1S/C24H25ClN2O5/c1-4-27-20(14-32-19-11-9-16(10-12-19)15(3)28)21(23(29)31-5-2)22(26-24(27)30)17-7-6-8-18(25)13-17/h6-13,22H,4-5,14H2,1-3H3,(H,26,30). The molecule has 0 aromatic heterocycles. The first-order valence-corrected chi connectivity index (χ1v) is 10.7. The highest BCUT2D eigenvalue weighted by molar-refractivity contribution is 6.30. The Hall–Kier alpha value is -3.32. The molecule has 2 amide bonds. The number of benzene rings is 2. The van der Waals surface area contributed by atoms with Crippen LogP contribution >= 0.6 is 11.6 Å². The zero-order valence-corrected chi connectivity index (χ0v) is 18.9. The van der Waals surface area contributed by atoms with Gasteiger partial charge in [0.1, 0.15) is 12.4 Å². The van der Waals surface area contributed by atoms with Gasteiger partial charge in [0, 0.05) is 17.1 Å². The third kappa shape index (κ3) is 5.11. The minimum atomic E-state index is -0.735. The van der Waals surface area contributed by atoms with Crippen molar-refractivity contribution >= 4 is 29.4 Å². The van der Waals surface area contributed by atoms with Crippen molar-refractivity contribution in [2.24, 2.45) is 0 Å². The lowest BCUT2D eigenvalue weighted by Crippen LogP contribution is -2.49. The van der Waals surface area contributed by atoms with Crippen LogP contribution < -0.4 is 10.1 Å². The van der Waals surface area contributed by atoms with Gasteiger partial charge < -0.3 is 14.8 Å². The number of carbonyl (C=O) groups excluding carboxylic acids is 3. The fourth-order valence-electron chi connectivity index (χ4n) is 3.52. The number of halogens is 1. The SMILES string of the molecule is CCOC(=O)C1=C(COc2ccc(C(C)=O)cc2)N(CC)C(=O)NC1c1cccc(Cl)c1. The molecule has 7 nitrogen and oxygen atoms in total. The molecule has 0 radical (unpaired) electrons. The monoisotopic (exact) mass is 456 g/mol. The van der Waals surface area contributed by atoms with Gasteiger partial charge in [0.25, 0.3) is 0 Å². The number of Topliss-reactive ketones (excluding diaryl/α,β-unsaturated/α-hetero) is 1. The van der Waals surface area contributed by atoms with Gasteiger partial charge in [-0.05, 0) is 62.7 Å². The fraction of sp³-hybridized carbons (Fsp3) is 0.292. The van der Waals surface area contributed by atoms with Crippen molar-refractivity contribution in [1.82, 2.24) is 10.2 Å². The molecular weight excluding hydrogens is 432 g/mol. The van der Waals surface area contributed by atoms with Gasteiger partial charge in [0.2, 0.25) is 0 Å². The summed E-state index contributed by atoms with van der Waals surface area (Å²) in [5, 5.41) is 3.36. The zero-order chi connectivity index (χ0) is 23.3. The molecule has 0 fully saturated rings. The maximum absolute atomic E-state index is 13.0. The van der Waals surface area contributed by atoms with E-state index in [-0.39, 0.29) is 30.6 Å². The van der Waals surface area contributed by atoms with Crippen molar-refractivity contribution in [1.29, 1.82) is 0 Å². The number of esters is 1. The Morgan fingerprint density at radius 2 is 1.84 bits per heavy atom. The first-order valence-electron chi connectivity index (χ1n) is 10.3. The first-order chi connectivity index (χ1) is 15.3. The molecular formula is C24H25ClN2O5. The van der Waals surface area contributed by atoms with Gasteiger partial charge in [-0.3, -0.25) is 9.69 Å². The second-order valence-corrected chi connectivity index (χ2v) is 7.57. The van der Waals surface area contributed by atoms with E-state index in [1.807, 2.05) is 6.92 Å². The topological polar surface area (TPSA) is 84.9 Å². The largest absolute Gasteiger partial charge is 0.487 e. The summed E-state index contributed by atoms with van der Waals surface area (Å²) in [6.07, 6.45) is 0. The fourth-order valence-corrected chi connectivity index (χ4v) is 3.72. The summed E-state index contributed by atoms with van der Waals surface area (Å²) in [6.45, 7) is 5.50. The highest BCUT2D eigenvalue weighted by Gasteiger charge is 2.38. The number of ether oxygens (including phenoxy) is 2. The summed E-state index contributed by atoms with van der Waals surface area (Å²) >= 11 is 6.15. The molecule has 3 rings (SSSR count). The smallest absolute Gasteiger partial charge is 0.338 e. The van der Waals surface area contributed by atoms with Crippen LogP contribution in [-0.2, 0) is 9.53 Å². The third-order valence-corrected chi connectivity index (χ3v) is 5.30. The minimum absolute atomic E-state index is 0.0358. The Morgan fingerprint density at radius 1 is 1.12 bits per heavy atom. The van der Waals surface area contributed by atoms with Crippen LogP contribution in [0.15, 0.2) is 59.8 Å². The Morgan fingerprint density at radius 3 is 2.44 bits per heavy atom. The number of rotatable bonds is 8. The lowest BCUT2D eigenvalue weighted by Gasteiger charge is -2.36. The summed E-state index contributed by atoms with van der Waals surface area (Å²) < 4.78 is 11.2. The van der Waals surface area contributed by atoms with Crippen molar-refractivity contribution < 1.29 is 23.9 Å². The van der Waals surface area contributed by atoms with Crippen LogP contribution in [0.2, 0.25) is 5.02 Å². The molecule has 32 heavy (non-hydrogen) atoms. The van der Waals surface area contributed by atoms with Crippen molar-refractivity contribution in [3.8, 4) is 5.75 Å². The third-order valence-electron chi connectivity index (χ3n) is 5.07. The van der Waals surface area contributed by atoms with E-state index >= 15 is 0 Å². The van der Waals surface area contributed by atoms with Crippen LogP contribution in [-0.4, -0.2) is 42.4 Å². The lowest BCUT2D eigenvalue weighted by molar-refractivity contribution is -0.139. The summed E-state index contributed by atoms with van der Waals surface area (Å²) in [4.78, 5) is 38.8. The van der Waals surface area contributed by atoms with Crippen molar-refractivity contribution in [2.45, 2.75) is 26.8 Å². The highest BCUT2D eigenvalue weighted by atomic mass is 35.5. The van der Waals surface area contributed by atoms with Gasteiger partial charge in [-0.15, -0.1) is 0 Å². The predicted octanol–water partition coefficient (Wildman–Crippen LogP) is 4.53. The van der Waals surface area contributed by atoms with Crippen LogP contribution in [0, 0.1) is 0 Å². The van der Waals surface area contributed by atoms with Gasteiger partial charge in [0.15, 0.2) is 5.78 Å². The molecule has 2 aromatic rings. The number of nitrogens with zero attached hydrogens (tertiary/aromatic N) is 1.